The van der Waals surface area contributed by atoms with Crippen LogP contribution in [-0.4, -0.2) is 41.9 Å². The Bertz CT molecular complexity index is 290. The number of piperazine rings is 1. The first-order chi connectivity index (χ1) is 7.10. The average Bonchev–Trinajstić information content (AvgIpc) is 2.17. The second-order valence-corrected chi connectivity index (χ2v) is 3.30. The SMILES string of the molecule is CCNC(=O)N1CC(=O)NC(=O)C1CC. The van der Waals surface area contributed by atoms with Crippen molar-refractivity contribution in [2.45, 2.75) is 26.3 Å². The molecule has 1 saturated heterocycles. The van der Waals surface area contributed by atoms with Crippen molar-refractivity contribution in [2.75, 3.05) is 13.1 Å². The maximum absolute atomic E-state index is 11.5. The maximum Gasteiger partial charge on any atom is 0.318 e. The highest BCUT2D eigenvalue weighted by Gasteiger charge is 2.35. The van der Waals surface area contributed by atoms with Crippen molar-refractivity contribution in [1.82, 2.24) is 15.5 Å². The summed E-state index contributed by atoms with van der Waals surface area (Å²) in [5, 5.41) is 4.78. The molecule has 1 aliphatic heterocycles. The van der Waals surface area contributed by atoms with Crippen LogP contribution in [0.1, 0.15) is 20.3 Å². The van der Waals surface area contributed by atoms with Crippen LogP contribution >= 0.6 is 0 Å². The van der Waals surface area contributed by atoms with E-state index in [1.165, 1.54) is 4.90 Å². The Labute approximate surface area is 88.0 Å². The van der Waals surface area contributed by atoms with E-state index < -0.39 is 17.9 Å². The first-order valence-corrected chi connectivity index (χ1v) is 4.98. The summed E-state index contributed by atoms with van der Waals surface area (Å²) in [7, 11) is 0. The molecule has 84 valence electrons. The van der Waals surface area contributed by atoms with Gasteiger partial charge in [0.25, 0.3) is 0 Å². The molecule has 0 radical (unpaired) electrons. The van der Waals surface area contributed by atoms with Gasteiger partial charge in [0.1, 0.15) is 12.6 Å². The third-order valence-corrected chi connectivity index (χ3v) is 2.23. The molecule has 1 heterocycles. The van der Waals surface area contributed by atoms with Gasteiger partial charge < -0.3 is 10.2 Å². The molecule has 0 aromatic heterocycles. The van der Waals surface area contributed by atoms with Gasteiger partial charge in [-0.05, 0) is 13.3 Å². The first-order valence-electron chi connectivity index (χ1n) is 4.98. The third-order valence-electron chi connectivity index (χ3n) is 2.23. The summed E-state index contributed by atoms with van der Waals surface area (Å²) in [6, 6.07) is -0.915. The van der Waals surface area contributed by atoms with E-state index in [9.17, 15) is 14.4 Å². The topological polar surface area (TPSA) is 78.5 Å². The minimum atomic E-state index is -0.547. The molecule has 4 amide bonds. The van der Waals surface area contributed by atoms with Gasteiger partial charge in [0.15, 0.2) is 0 Å². The lowest BCUT2D eigenvalue weighted by Gasteiger charge is -2.33. The number of urea groups is 1. The van der Waals surface area contributed by atoms with Gasteiger partial charge in [-0.2, -0.15) is 0 Å². The molecular formula is C9H15N3O3. The molecule has 6 heteroatoms. The van der Waals surface area contributed by atoms with Crippen molar-refractivity contribution < 1.29 is 14.4 Å². The number of imide groups is 1. The van der Waals surface area contributed by atoms with Crippen molar-refractivity contribution in [2.24, 2.45) is 0 Å². The summed E-state index contributed by atoms with van der Waals surface area (Å²) in [4.78, 5) is 35.3. The minimum Gasteiger partial charge on any atom is -0.338 e. The molecule has 0 saturated carbocycles. The number of hydrogen-bond acceptors (Lipinski definition) is 3. The van der Waals surface area contributed by atoms with Gasteiger partial charge in [-0.15, -0.1) is 0 Å². The molecule has 0 bridgehead atoms. The molecule has 6 nitrogen and oxygen atoms in total. The van der Waals surface area contributed by atoms with Gasteiger partial charge in [-0.1, -0.05) is 6.92 Å². The molecule has 0 aromatic carbocycles. The van der Waals surface area contributed by atoms with E-state index in [-0.39, 0.29) is 12.6 Å². The van der Waals surface area contributed by atoms with Crippen molar-refractivity contribution in [3.05, 3.63) is 0 Å². The Morgan fingerprint density at radius 2 is 2.20 bits per heavy atom. The van der Waals surface area contributed by atoms with Gasteiger partial charge in [-0.25, -0.2) is 4.79 Å². The van der Waals surface area contributed by atoms with Crippen molar-refractivity contribution in [3.8, 4) is 0 Å². The van der Waals surface area contributed by atoms with Crippen LogP contribution in [-0.2, 0) is 9.59 Å². The number of nitrogens with one attached hydrogen (secondary N) is 2. The zero-order chi connectivity index (χ0) is 11.4. The fourth-order valence-corrected chi connectivity index (χ4v) is 1.54. The number of amides is 4. The molecule has 0 spiro atoms. The number of hydrogen-bond donors (Lipinski definition) is 2. The van der Waals surface area contributed by atoms with Gasteiger partial charge >= 0.3 is 6.03 Å². The van der Waals surface area contributed by atoms with E-state index in [0.29, 0.717) is 13.0 Å². The number of nitrogens with zero attached hydrogens (tertiary/aromatic N) is 1. The standard InChI is InChI=1S/C9H15N3O3/c1-3-6-8(14)11-7(13)5-12(6)9(15)10-4-2/h6H,3-5H2,1-2H3,(H,10,15)(H,11,13,14). The smallest absolute Gasteiger partial charge is 0.318 e. The van der Waals surface area contributed by atoms with Crippen LogP contribution in [0.2, 0.25) is 0 Å². The number of carbonyl (C=O) groups excluding carboxylic acids is 3. The van der Waals surface area contributed by atoms with Gasteiger partial charge in [0.2, 0.25) is 11.8 Å². The second-order valence-electron chi connectivity index (χ2n) is 3.30. The molecule has 0 aliphatic carbocycles. The van der Waals surface area contributed by atoms with E-state index in [2.05, 4.69) is 10.6 Å². The summed E-state index contributed by atoms with van der Waals surface area (Å²) in [6.07, 6.45) is 0.496. The van der Waals surface area contributed by atoms with Crippen LogP contribution in [0.3, 0.4) is 0 Å². The van der Waals surface area contributed by atoms with Crippen LogP contribution in [0.25, 0.3) is 0 Å². The van der Waals surface area contributed by atoms with Crippen LogP contribution in [0.4, 0.5) is 4.79 Å². The molecule has 2 N–H and O–H groups in total. The van der Waals surface area contributed by atoms with Gasteiger partial charge in [0, 0.05) is 6.54 Å². The highest BCUT2D eigenvalue weighted by molar-refractivity contribution is 6.04. The largest absolute Gasteiger partial charge is 0.338 e. The molecule has 0 aromatic rings. The number of carbonyl (C=O) groups is 3. The zero-order valence-corrected chi connectivity index (χ0v) is 8.87. The fourth-order valence-electron chi connectivity index (χ4n) is 1.54. The van der Waals surface area contributed by atoms with Crippen LogP contribution in [0.5, 0.6) is 0 Å². The highest BCUT2D eigenvalue weighted by atomic mass is 16.2. The maximum atomic E-state index is 11.5. The van der Waals surface area contributed by atoms with Crippen LogP contribution in [0, 0.1) is 0 Å². The van der Waals surface area contributed by atoms with E-state index in [0.717, 1.165) is 0 Å². The quantitative estimate of drug-likeness (QED) is 0.604. The molecule has 1 fully saturated rings. The molecule has 1 atom stereocenters. The Hall–Kier alpha value is -1.59. The van der Waals surface area contributed by atoms with E-state index in [1.54, 1.807) is 13.8 Å². The van der Waals surface area contributed by atoms with E-state index in [1.807, 2.05) is 0 Å². The summed E-state index contributed by atoms with van der Waals surface area (Å²) in [5.74, 6) is -0.837. The fraction of sp³-hybridized carbons (Fsp3) is 0.667. The Morgan fingerprint density at radius 1 is 1.53 bits per heavy atom. The summed E-state index contributed by atoms with van der Waals surface area (Å²) in [5.41, 5.74) is 0. The Balaban J connectivity index is 2.77. The van der Waals surface area contributed by atoms with Crippen LogP contribution < -0.4 is 10.6 Å². The Kier molecular flexibility index (Phi) is 3.65. The first kappa shape index (κ1) is 11.5. The molecule has 1 aliphatic rings. The average molecular weight is 213 g/mol. The molecule has 15 heavy (non-hydrogen) atoms. The lowest BCUT2D eigenvalue weighted by Crippen LogP contribution is -2.61. The summed E-state index contributed by atoms with van der Waals surface area (Å²) < 4.78 is 0. The lowest BCUT2D eigenvalue weighted by atomic mass is 10.1. The molecule has 1 unspecified atom stereocenters. The Morgan fingerprint density at radius 3 is 2.73 bits per heavy atom. The van der Waals surface area contributed by atoms with Crippen molar-refractivity contribution in [3.63, 3.8) is 0 Å². The monoisotopic (exact) mass is 213 g/mol. The summed E-state index contributed by atoms with van der Waals surface area (Å²) in [6.45, 7) is 3.99. The van der Waals surface area contributed by atoms with Gasteiger partial charge in [0.05, 0.1) is 0 Å². The normalized spacial score (nSPS) is 21.2. The third kappa shape index (κ3) is 2.45. The lowest BCUT2D eigenvalue weighted by molar-refractivity contribution is -0.138. The summed E-state index contributed by atoms with van der Waals surface area (Å²) >= 11 is 0. The highest BCUT2D eigenvalue weighted by Crippen LogP contribution is 2.08. The van der Waals surface area contributed by atoms with Gasteiger partial charge in [-0.3, -0.25) is 14.9 Å². The molecular weight excluding hydrogens is 198 g/mol. The van der Waals surface area contributed by atoms with Crippen molar-refractivity contribution in [1.29, 1.82) is 0 Å². The van der Waals surface area contributed by atoms with Crippen molar-refractivity contribution >= 4 is 17.8 Å². The van der Waals surface area contributed by atoms with Crippen LogP contribution in [0.15, 0.2) is 0 Å². The zero-order valence-electron chi connectivity index (χ0n) is 8.87. The van der Waals surface area contributed by atoms with E-state index in [4.69, 9.17) is 0 Å². The number of rotatable bonds is 2. The predicted molar refractivity (Wildman–Crippen MR) is 53.0 cm³/mol. The predicted octanol–water partition coefficient (Wildman–Crippen LogP) is -0.547. The van der Waals surface area contributed by atoms with E-state index >= 15 is 0 Å². The minimum absolute atomic E-state index is 0.0594. The second kappa shape index (κ2) is 4.77. The molecule has 1 rings (SSSR count).